The van der Waals surface area contributed by atoms with Crippen molar-refractivity contribution in [3.63, 3.8) is 0 Å². The molecule has 3 nitrogen and oxygen atoms in total. The highest BCUT2D eigenvalue weighted by atomic mass is 15.4. The van der Waals surface area contributed by atoms with E-state index < -0.39 is 0 Å². The summed E-state index contributed by atoms with van der Waals surface area (Å²) in [4.78, 5) is 6.93. The van der Waals surface area contributed by atoms with Crippen molar-refractivity contribution in [3.05, 3.63) is 0 Å². The third-order valence-electron chi connectivity index (χ3n) is 4.69. The van der Waals surface area contributed by atoms with Crippen LogP contribution in [0.4, 0.5) is 0 Å². The molecular weight excluding hydrogens is 210 g/mol. The van der Waals surface area contributed by atoms with Gasteiger partial charge in [0, 0.05) is 6.54 Å². The minimum atomic E-state index is 0.218. The molecule has 0 amide bonds. The minimum Gasteiger partial charge on any atom is -0.370 e. The second kappa shape index (κ2) is 4.18. The maximum Gasteiger partial charge on any atom is 0.191 e. The minimum absolute atomic E-state index is 0.218. The van der Waals surface area contributed by atoms with Crippen LogP contribution in [0.25, 0.3) is 0 Å². The molecule has 0 aromatic heterocycles. The summed E-state index contributed by atoms with van der Waals surface area (Å²) in [5, 5.41) is 0. The highest BCUT2D eigenvalue weighted by molar-refractivity contribution is 5.81. The van der Waals surface area contributed by atoms with E-state index in [1.807, 2.05) is 0 Å². The number of nitrogens with zero attached hydrogens (tertiary/aromatic N) is 2. The van der Waals surface area contributed by atoms with Crippen molar-refractivity contribution in [2.24, 2.45) is 22.1 Å². The maximum atomic E-state index is 6.08. The van der Waals surface area contributed by atoms with Gasteiger partial charge in [-0.1, -0.05) is 33.6 Å². The van der Waals surface area contributed by atoms with Crippen molar-refractivity contribution < 1.29 is 0 Å². The van der Waals surface area contributed by atoms with Gasteiger partial charge in [-0.15, -0.1) is 0 Å². The summed E-state index contributed by atoms with van der Waals surface area (Å²) in [5.74, 6) is 1.47. The predicted molar refractivity (Wildman–Crippen MR) is 73.0 cm³/mol. The van der Waals surface area contributed by atoms with E-state index in [9.17, 15) is 0 Å². The molecule has 1 fully saturated rings. The van der Waals surface area contributed by atoms with E-state index in [4.69, 9.17) is 5.73 Å². The number of hydrogen-bond acceptors (Lipinski definition) is 3. The molecule has 0 bridgehead atoms. The number of aliphatic imine (C=N–C) groups is 1. The van der Waals surface area contributed by atoms with Crippen LogP contribution in [0.2, 0.25) is 0 Å². The Labute approximate surface area is 105 Å². The van der Waals surface area contributed by atoms with Gasteiger partial charge in [0.1, 0.15) is 0 Å². The molecule has 0 aromatic rings. The lowest BCUT2D eigenvalue weighted by atomic mass is 9.61. The molecule has 2 unspecified atom stereocenters. The Morgan fingerprint density at radius 2 is 2.12 bits per heavy atom. The third kappa shape index (κ3) is 1.94. The predicted octanol–water partition coefficient (Wildman–Crippen LogP) is 2.61. The van der Waals surface area contributed by atoms with Crippen LogP contribution in [-0.4, -0.2) is 29.5 Å². The second-order valence-corrected chi connectivity index (χ2v) is 6.69. The van der Waals surface area contributed by atoms with Crippen molar-refractivity contribution in [2.75, 3.05) is 13.1 Å². The SMILES string of the molecule is CCN1C(N)=NCC12CCCCC2C(C)(C)C. The molecule has 1 spiro atoms. The fourth-order valence-corrected chi connectivity index (χ4v) is 4.07. The van der Waals surface area contributed by atoms with E-state index in [1.165, 1.54) is 25.7 Å². The van der Waals surface area contributed by atoms with Crippen molar-refractivity contribution >= 4 is 5.96 Å². The summed E-state index contributed by atoms with van der Waals surface area (Å²) in [7, 11) is 0. The van der Waals surface area contributed by atoms with Gasteiger partial charge in [-0.25, -0.2) is 0 Å². The smallest absolute Gasteiger partial charge is 0.191 e. The van der Waals surface area contributed by atoms with E-state index in [0.717, 1.165) is 19.0 Å². The summed E-state index contributed by atoms with van der Waals surface area (Å²) in [6, 6.07) is 0. The van der Waals surface area contributed by atoms with Crippen LogP contribution in [0.5, 0.6) is 0 Å². The van der Waals surface area contributed by atoms with E-state index >= 15 is 0 Å². The first-order chi connectivity index (χ1) is 7.92. The molecule has 0 radical (unpaired) electrons. The Balaban J connectivity index is 2.33. The first kappa shape index (κ1) is 12.7. The summed E-state index contributed by atoms with van der Waals surface area (Å²) in [6.45, 7) is 11.2. The number of likely N-dealkylation sites (N-methyl/N-ethyl adjacent to an activating group) is 1. The number of guanidine groups is 1. The van der Waals surface area contributed by atoms with Gasteiger partial charge in [0.25, 0.3) is 0 Å². The zero-order valence-electron chi connectivity index (χ0n) is 11.8. The van der Waals surface area contributed by atoms with Gasteiger partial charge in [-0.3, -0.25) is 4.99 Å². The van der Waals surface area contributed by atoms with E-state index in [0.29, 0.717) is 11.3 Å². The van der Waals surface area contributed by atoms with Crippen LogP contribution in [-0.2, 0) is 0 Å². The fraction of sp³-hybridized carbons (Fsp3) is 0.929. The topological polar surface area (TPSA) is 41.6 Å². The van der Waals surface area contributed by atoms with Crippen molar-refractivity contribution in [1.82, 2.24) is 4.90 Å². The lowest BCUT2D eigenvalue weighted by Gasteiger charge is -2.52. The van der Waals surface area contributed by atoms with Gasteiger partial charge < -0.3 is 10.6 Å². The van der Waals surface area contributed by atoms with Crippen LogP contribution in [0, 0.1) is 11.3 Å². The molecule has 1 saturated carbocycles. The van der Waals surface area contributed by atoms with Crippen LogP contribution in [0.15, 0.2) is 4.99 Å². The maximum absolute atomic E-state index is 6.08. The Bertz CT molecular complexity index is 316. The molecule has 0 aromatic carbocycles. The van der Waals surface area contributed by atoms with Gasteiger partial charge in [-0.05, 0) is 31.1 Å². The number of rotatable bonds is 1. The van der Waals surface area contributed by atoms with Crippen molar-refractivity contribution in [2.45, 2.75) is 58.9 Å². The van der Waals surface area contributed by atoms with Crippen LogP contribution in [0.3, 0.4) is 0 Å². The zero-order chi connectivity index (χ0) is 12.7. The summed E-state index contributed by atoms with van der Waals surface area (Å²) >= 11 is 0. The molecule has 1 heterocycles. The Morgan fingerprint density at radius 3 is 2.71 bits per heavy atom. The lowest BCUT2D eigenvalue weighted by Crippen LogP contribution is -2.60. The molecule has 3 heteroatoms. The molecule has 2 rings (SSSR count). The summed E-state index contributed by atoms with van der Waals surface area (Å²) < 4.78 is 0. The normalized spacial score (nSPS) is 34.2. The molecule has 98 valence electrons. The zero-order valence-corrected chi connectivity index (χ0v) is 11.8. The van der Waals surface area contributed by atoms with Gasteiger partial charge in [0.2, 0.25) is 0 Å². The van der Waals surface area contributed by atoms with Crippen LogP contribution in [0.1, 0.15) is 53.4 Å². The van der Waals surface area contributed by atoms with Gasteiger partial charge in [0.05, 0.1) is 12.1 Å². The van der Waals surface area contributed by atoms with Crippen molar-refractivity contribution in [1.29, 1.82) is 0 Å². The van der Waals surface area contributed by atoms with E-state index in [-0.39, 0.29) is 5.54 Å². The Hall–Kier alpha value is -0.730. The average molecular weight is 237 g/mol. The lowest BCUT2D eigenvalue weighted by molar-refractivity contribution is 0.00859. The standard InChI is InChI=1S/C14H27N3/c1-5-17-12(15)16-10-14(17)9-7-6-8-11(14)13(2,3)4/h11H,5-10H2,1-4H3,(H2,15,16). The molecule has 2 atom stereocenters. The first-order valence-electron chi connectivity index (χ1n) is 6.99. The molecule has 2 aliphatic rings. The van der Waals surface area contributed by atoms with Gasteiger partial charge in [-0.2, -0.15) is 0 Å². The molecule has 1 aliphatic carbocycles. The summed E-state index contributed by atoms with van der Waals surface area (Å²) in [6.07, 6.45) is 5.27. The van der Waals surface area contributed by atoms with Crippen LogP contribution < -0.4 is 5.73 Å². The third-order valence-corrected chi connectivity index (χ3v) is 4.69. The Morgan fingerprint density at radius 1 is 1.41 bits per heavy atom. The van der Waals surface area contributed by atoms with Crippen molar-refractivity contribution in [3.8, 4) is 0 Å². The second-order valence-electron chi connectivity index (χ2n) is 6.69. The number of nitrogens with two attached hydrogens (primary N) is 1. The Kier molecular flexibility index (Phi) is 3.13. The van der Waals surface area contributed by atoms with E-state index in [1.54, 1.807) is 0 Å². The monoisotopic (exact) mass is 237 g/mol. The first-order valence-corrected chi connectivity index (χ1v) is 6.99. The highest BCUT2D eigenvalue weighted by Gasteiger charge is 2.52. The average Bonchev–Trinajstić information content (AvgIpc) is 2.55. The van der Waals surface area contributed by atoms with Gasteiger partial charge >= 0.3 is 0 Å². The summed E-state index contributed by atoms with van der Waals surface area (Å²) in [5.41, 5.74) is 6.64. The quantitative estimate of drug-likeness (QED) is 0.761. The number of hydrogen-bond donors (Lipinski definition) is 1. The molecular formula is C14H27N3. The molecule has 17 heavy (non-hydrogen) atoms. The van der Waals surface area contributed by atoms with Crippen LogP contribution >= 0.6 is 0 Å². The van der Waals surface area contributed by atoms with Gasteiger partial charge in [0.15, 0.2) is 5.96 Å². The largest absolute Gasteiger partial charge is 0.370 e. The fourth-order valence-electron chi connectivity index (χ4n) is 4.07. The van der Waals surface area contributed by atoms with E-state index in [2.05, 4.69) is 37.6 Å². The molecule has 1 aliphatic heterocycles. The molecule has 2 N–H and O–H groups in total. The molecule has 0 saturated heterocycles. The highest BCUT2D eigenvalue weighted by Crippen LogP contribution is 2.49.